The minimum atomic E-state index is 0.107. The van der Waals surface area contributed by atoms with E-state index in [4.69, 9.17) is 4.74 Å². The molecule has 2 rings (SSSR count). The highest BCUT2D eigenvalue weighted by atomic mass is 79.9. The first-order valence-electron chi connectivity index (χ1n) is 10.1. The van der Waals surface area contributed by atoms with Crippen LogP contribution in [0.25, 0.3) is 0 Å². The molecule has 27 heavy (non-hydrogen) atoms. The number of amides is 1. The van der Waals surface area contributed by atoms with Crippen LogP contribution in [-0.4, -0.2) is 49.7 Å². The largest absolute Gasteiger partial charge is 0.378 e. The average Bonchev–Trinajstić information content (AvgIpc) is 2.70. The van der Waals surface area contributed by atoms with Crippen LogP contribution in [0.5, 0.6) is 0 Å². The molecule has 5 heteroatoms. The second-order valence-corrected chi connectivity index (χ2v) is 8.17. The van der Waals surface area contributed by atoms with Gasteiger partial charge in [-0.05, 0) is 82.3 Å². The molecular formula is C22H33BrN2O2. The summed E-state index contributed by atoms with van der Waals surface area (Å²) in [6.45, 7) is 6.62. The smallest absolute Gasteiger partial charge is 0.253 e. The number of unbranched alkanes of at least 4 members (excludes halogenated alkanes) is 1. The Morgan fingerprint density at radius 2 is 1.93 bits per heavy atom. The van der Waals surface area contributed by atoms with E-state index in [1.165, 1.54) is 0 Å². The maximum Gasteiger partial charge on any atom is 0.253 e. The summed E-state index contributed by atoms with van der Waals surface area (Å²) in [4.78, 5) is 14.6. The van der Waals surface area contributed by atoms with Gasteiger partial charge in [-0.2, -0.15) is 0 Å². The van der Waals surface area contributed by atoms with Crippen molar-refractivity contribution in [3.63, 3.8) is 0 Å². The van der Waals surface area contributed by atoms with Gasteiger partial charge in [-0.15, -0.1) is 6.58 Å². The van der Waals surface area contributed by atoms with Crippen molar-refractivity contribution in [2.24, 2.45) is 0 Å². The maximum atomic E-state index is 12.6. The maximum absolute atomic E-state index is 12.6. The van der Waals surface area contributed by atoms with E-state index in [0.29, 0.717) is 12.1 Å². The Hall–Kier alpha value is -1.17. The Balaban J connectivity index is 1.61. The van der Waals surface area contributed by atoms with Crippen molar-refractivity contribution >= 4 is 21.8 Å². The van der Waals surface area contributed by atoms with Crippen LogP contribution < -0.4 is 5.32 Å². The lowest BCUT2D eigenvalue weighted by atomic mass is 9.91. The Kier molecular flexibility index (Phi) is 10.1. The lowest BCUT2D eigenvalue weighted by Gasteiger charge is -2.34. The van der Waals surface area contributed by atoms with E-state index in [0.717, 1.165) is 74.7 Å². The molecule has 1 amide bonds. The van der Waals surface area contributed by atoms with Gasteiger partial charge in [0, 0.05) is 29.7 Å². The van der Waals surface area contributed by atoms with E-state index in [1.807, 2.05) is 42.3 Å². The fourth-order valence-corrected chi connectivity index (χ4v) is 3.76. The third-order valence-electron chi connectivity index (χ3n) is 5.23. The number of carbonyl (C=O) groups excluding carboxylic acids is 1. The second kappa shape index (κ2) is 12.3. The summed E-state index contributed by atoms with van der Waals surface area (Å²) >= 11 is 3.41. The van der Waals surface area contributed by atoms with Gasteiger partial charge in [0.2, 0.25) is 0 Å². The molecule has 150 valence electrons. The summed E-state index contributed by atoms with van der Waals surface area (Å²) < 4.78 is 7.04. The molecule has 0 unspecified atom stereocenters. The molecule has 1 aliphatic rings. The van der Waals surface area contributed by atoms with Crippen LogP contribution in [0.2, 0.25) is 0 Å². The molecule has 1 aromatic carbocycles. The standard InChI is InChI=1S/C22H33BrN2O2/c1-3-4-15-24-16-5-6-17-27-21-13-11-20(12-14-21)25(2)22(26)18-7-9-19(23)10-8-18/h3,7-10,20-21,24H,1,4-6,11-17H2,2H3/t20-,21-. The zero-order chi connectivity index (χ0) is 19.5. The molecule has 1 fully saturated rings. The van der Waals surface area contributed by atoms with Gasteiger partial charge >= 0.3 is 0 Å². The van der Waals surface area contributed by atoms with Crippen LogP contribution in [0.4, 0.5) is 0 Å². The van der Waals surface area contributed by atoms with E-state index in [2.05, 4.69) is 27.8 Å². The van der Waals surface area contributed by atoms with E-state index in [9.17, 15) is 4.79 Å². The molecule has 1 saturated carbocycles. The Morgan fingerprint density at radius 3 is 2.59 bits per heavy atom. The molecule has 1 aliphatic carbocycles. The fourth-order valence-electron chi connectivity index (χ4n) is 3.49. The summed E-state index contributed by atoms with van der Waals surface area (Å²) in [5, 5.41) is 3.40. The van der Waals surface area contributed by atoms with Crippen molar-refractivity contribution in [1.82, 2.24) is 10.2 Å². The van der Waals surface area contributed by atoms with Crippen LogP contribution in [0.3, 0.4) is 0 Å². The lowest BCUT2D eigenvalue weighted by molar-refractivity contribution is 0.00930. The van der Waals surface area contributed by atoms with Gasteiger partial charge in [-0.25, -0.2) is 0 Å². The Bertz CT molecular complexity index is 568. The fraction of sp³-hybridized carbons (Fsp3) is 0.591. The van der Waals surface area contributed by atoms with Gasteiger partial charge in [0.05, 0.1) is 6.10 Å². The minimum absolute atomic E-state index is 0.107. The number of rotatable bonds is 11. The van der Waals surface area contributed by atoms with Crippen molar-refractivity contribution < 1.29 is 9.53 Å². The number of hydrogen-bond acceptors (Lipinski definition) is 3. The van der Waals surface area contributed by atoms with Crippen molar-refractivity contribution in [1.29, 1.82) is 0 Å². The van der Waals surface area contributed by atoms with E-state index < -0.39 is 0 Å². The molecule has 1 aromatic rings. The quantitative estimate of drug-likeness (QED) is 0.400. The van der Waals surface area contributed by atoms with Gasteiger partial charge in [0.25, 0.3) is 5.91 Å². The zero-order valence-electron chi connectivity index (χ0n) is 16.5. The topological polar surface area (TPSA) is 41.6 Å². The van der Waals surface area contributed by atoms with Crippen LogP contribution in [0.1, 0.15) is 55.3 Å². The van der Waals surface area contributed by atoms with Gasteiger partial charge in [-0.1, -0.05) is 22.0 Å². The van der Waals surface area contributed by atoms with Gasteiger partial charge in [0.15, 0.2) is 0 Å². The molecule has 0 heterocycles. The number of benzene rings is 1. The molecule has 1 N–H and O–H groups in total. The number of hydrogen-bond donors (Lipinski definition) is 1. The second-order valence-electron chi connectivity index (χ2n) is 7.26. The molecular weight excluding hydrogens is 404 g/mol. The summed E-state index contributed by atoms with van der Waals surface area (Å²) in [6, 6.07) is 7.91. The Morgan fingerprint density at radius 1 is 1.22 bits per heavy atom. The first-order valence-corrected chi connectivity index (χ1v) is 10.9. The van der Waals surface area contributed by atoms with E-state index in [-0.39, 0.29) is 5.91 Å². The molecule has 4 nitrogen and oxygen atoms in total. The molecule has 0 aliphatic heterocycles. The number of halogens is 1. The summed E-state index contributed by atoms with van der Waals surface area (Å²) in [6.07, 6.45) is 9.69. The molecule has 0 spiro atoms. The highest BCUT2D eigenvalue weighted by molar-refractivity contribution is 9.10. The third kappa shape index (κ3) is 7.76. The minimum Gasteiger partial charge on any atom is -0.378 e. The highest BCUT2D eigenvalue weighted by Gasteiger charge is 2.27. The van der Waals surface area contributed by atoms with E-state index >= 15 is 0 Å². The molecule has 0 atom stereocenters. The molecule has 0 saturated heterocycles. The van der Waals surface area contributed by atoms with Crippen molar-refractivity contribution in [2.75, 3.05) is 26.7 Å². The van der Waals surface area contributed by atoms with Gasteiger partial charge < -0.3 is 15.0 Å². The van der Waals surface area contributed by atoms with E-state index in [1.54, 1.807) is 0 Å². The Labute approximate surface area is 172 Å². The number of ether oxygens (including phenoxy) is 1. The van der Waals surface area contributed by atoms with Crippen LogP contribution in [0, 0.1) is 0 Å². The monoisotopic (exact) mass is 436 g/mol. The normalized spacial score (nSPS) is 19.6. The first-order chi connectivity index (χ1) is 13.1. The average molecular weight is 437 g/mol. The zero-order valence-corrected chi connectivity index (χ0v) is 18.0. The van der Waals surface area contributed by atoms with Crippen LogP contribution in [0.15, 0.2) is 41.4 Å². The highest BCUT2D eigenvalue weighted by Crippen LogP contribution is 2.26. The molecule has 0 radical (unpaired) electrons. The predicted molar refractivity (Wildman–Crippen MR) is 115 cm³/mol. The predicted octanol–water partition coefficient (Wildman–Crippen LogP) is 4.79. The third-order valence-corrected chi connectivity index (χ3v) is 5.76. The van der Waals surface area contributed by atoms with Gasteiger partial charge in [0.1, 0.15) is 0 Å². The molecule has 0 bridgehead atoms. The number of carbonyl (C=O) groups is 1. The number of nitrogens with zero attached hydrogens (tertiary/aromatic N) is 1. The first kappa shape index (κ1) is 22.1. The van der Waals surface area contributed by atoms with Crippen molar-refractivity contribution in [2.45, 2.75) is 57.1 Å². The summed E-state index contributed by atoms with van der Waals surface area (Å²) in [5.74, 6) is 0.107. The van der Waals surface area contributed by atoms with Crippen molar-refractivity contribution in [3.8, 4) is 0 Å². The SMILES string of the molecule is C=CCCNCCCCO[C@H]1CC[C@H](N(C)C(=O)c2ccc(Br)cc2)CC1. The number of nitrogens with one attached hydrogen (secondary N) is 1. The molecule has 0 aromatic heterocycles. The van der Waals surface area contributed by atoms with Crippen LogP contribution in [-0.2, 0) is 4.74 Å². The summed E-state index contributed by atoms with van der Waals surface area (Å²) in [7, 11) is 1.93. The lowest BCUT2D eigenvalue weighted by Crippen LogP contribution is -2.40. The summed E-state index contributed by atoms with van der Waals surface area (Å²) in [5.41, 5.74) is 0.751. The van der Waals surface area contributed by atoms with Gasteiger partial charge in [-0.3, -0.25) is 4.79 Å². The van der Waals surface area contributed by atoms with Crippen molar-refractivity contribution in [3.05, 3.63) is 47.0 Å². The van der Waals surface area contributed by atoms with Crippen LogP contribution >= 0.6 is 15.9 Å².